The van der Waals surface area contributed by atoms with Gasteiger partial charge in [0.1, 0.15) is 5.76 Å². The van der Waals surface area contributed by atoms with E-state index < -0.39 is 0 Å². The first-order valence-electron chi connectivity index (χ1n) is 9.35. The third-order valence-electron chi connectivity index (χ3n) is 5.40. The van der Waals surface area contributed by atoms with E-state index in [0.717, 1.165) is 37.1 Å². The number of halogens is 1. The number of hydrogen-bond donors (Lipinski definition) is 1. The Bertz CT molecular complexity index is 669. The highest BCUT2D eigenvalue weighted by atomic mass is 19.1. The molecule has 0 bridgehead atoms. The summed E-state index contributed by atoms with van der Waals surface area (Å²) < 4.78 is 19.6. The van der Waals surface area contributed by atoms with Crippen LogP contribution >= 0.6 is 0 Å². The van der Waals surface area contributed by atoms with E-state index in [1.807, 2.05) is 12.3 Å². The molecule has 1 saturated heterocycles. The van der Waals surface area contributed by atoms with E-state index in [-0.39, 0.29) is 11.6 Å². The minimum absolute atomic E-state index is 0.281. The zero-order valence-corrected chi connectivity index (χ0v) is 14.6. The molecule has 5 heteroatoms. The molecule has 4 rings (SSSR count). The second kappa shape index (κ2) is 7.48. The highest BCUT2D eigenvalue weighted by Gasteiger charge is 2.27. The zero-order chi connectivity index (χ0) is 17.1. The van der Waals surface area contributed by atoms with Gasteiger partial charge >= 0.3 is 0 Å². The molecule has 1 aliphatic carbocycles. The van der Waals surface area contributed by atoms with Crippen LogP contribution < -0.4 is 10.1 Å². The number of benzene rings is 1. The number of ether oxygens (including phenoxy) is 1. The van der Waals surface area contributed by atoms with Gasteiger partial charge in [0.2, 0.25) is 0 Å². The lowest BCUT2D eigenvalue weighted by molar-refractivity contribution is 0.133. The molecule has 2 heterocycles. The summed E-state index contributed by atoms with van der Waals surface area (Å²) in [6, 6.07) is 7.36. The molecule has 0 spiro atoms. The maximum atomic E-state index is 13.8. The molecule has 25 heavy (non-hydrogen) atoms. The second-order valence-electron chi connectivity index (χ2n) is 7.05. The van der Waals surface area contributed by atoms with E-state index >= 15 is 0 Å². The summed E-state index contributed by atoms with van der Waals surface area (Å²) in [6.45, 7) is 5.00. The summed E-state index contributed by atoms with van der Waals surface area (Å²) in [4.78, 5) is 5.07. The van der Waals surface area contributed by atoms with Gasteiger partial charge in [-0.05, 0) is 31.4 Å². The maximum Gasteiger partial charge on any atom is 0.165 e. The Labute approximate surface area is 148 Å². The van der Waals surface area contributed by atoms with Crippen LogP contribution in [0.1, 0.15) is 25.7 Å². The summed E-state index contributed by atoms with van der Waals surface area (Å²) in [5.41, 5.74) is 1.13. The number of nitrogens with one attached hydrogen (secondary N) is 1. The lowest BCUT2D eigenvalue weighted by atomic mass is 9.91. The molecule has 1 N–H and O–H groups in total. The number of para-hydroxylation sites is 1. The molecular formula is C20H26FN3O. The largest absolute Gasteiger partial charge is 0.457 e. The monoisotopic (exact) mass is 343 g/mol. The molecule has 1 saturated carbocycles. The predicted molar refractivity (Wildman–Crippen MR) is 96.6 cm³/mol. The van der Waals surface area contributed by atoms with Gasteiger partial charge in [-0.2, -0.15) is 0 Å². The first-order valence-corrected chi connectivity index (χ1v) is 9.35. The van der Waals surface area contributed by atoms with Crippen molar-refractivity contribution in [1.82, 2.24) is 15.1 Å². The van der Waals surface area contributed by atoms with E-state index in [1.165, 1.54) is 38.3 Å². The molecule has 4 nitrogen and oxygen atoms in total. The van der Waals surface area contributed by atoms with Gasteiger partial charge in [-0.25, -0.2) is 4.39 Å². The van der Waals surface area contributed by atoms with Crippen molar-refractivity contribution < 1.29 is 9.13 Å². The fraction of sp³-hybridized carbons (Fsp3) is 0.500. The van der Waals surface area contributed by atoms with Gasteiger partial charge in [0.25, 0.3) is 0 Å². The van der Waals surface area contributed by atoms with Crippen LogP contribution in [0.3, 0.4) is 0 Å². The number of hydrogen-bond acceptors (Lipinski definition) is 4. The van der Waals surface area contributed by atoms with Crippen molar-refractivity contribution in [1.29, 1.82) is 0 Å². The zero-order valence-electron chi connectivity index (χ0n) is 14.6. The molecule has 0 radical (unpaired) electrons. The third kappa shape index (κ3) is 3.82. The minimum atomic E-state index is -0.328. The molecule has 134 valence electrons. The predicted octanol–water partition coefficient (Wildman–Crippen LogP) is 3.09. The topological polar surface area (TPSA) is 27.7 Å². The van der Waals surface area contributed by atoms with Crippen LogP contribution in [0, 0.1) is 5.82 Å². The van der Waals surface area contributed by atoms with E-state index in [0.29, 0.717) is 6.54 Å². The van der Waals surface area contributed by atoms with Crippen LogP contribution in [-0.2, 0) is 0 Å². The number of allylic oxidation sites excluding steroid dienone is 1. The van der Waals surface area contributed by atoms with Crippen molar-refractivity contribution in [3.63, 3.8) is 0 Å². The Hall–Kier alpha value is -2.01. The standard InChI is InChI=1S/C20H26FN3O/c21-19-7-1-2-8-20(19)25-18-13-17(14-22-15-18)24-10-4-9-23(11-12-24)16-5-3-6-16/h1-2,7-8,13-14,16,22H,3-6,9-12,15H2. The van der Waals surface area contributed by atoms with Gasteiger partial charge in [0, 0.05) is 44.5 Å². The maximum absolute atomic E-state index is 13.8. The average Bonchev–Trinajstić information content (AvgIpc) is 2.82. The van der Waals surface area contributed by atoms with Gasteiger partial charge in [0.15, 0.2) is 11.6 Å². The van der Waals surface area contributed by atoms with Crippen LogP contribution in [0.15, 0.2) is 48.0 Å². The van der Waals surface area contributed by atoms with Crippen molar-refractivity contribution in [2.75, 3.05) is 32.7 Å². The highest BCUT2D eigenvalue weighted by molar-refractivity contribution is 5.30. The smallest absolute Gasteiger partial charge is 0.165 e. The lowest BCUT2D eigenvalue weighted by Gasteiger charge is -2.37. The molecule has 0 aromatic heterocycles. The van der Waals surface area contributed by atoms with Crippen LogP contribution in [0.25, 0.3) is 0 Å². The lowest BCUT2D eigenvalue weighted by Crippen LogP contribution is -2.42. The van der Waals surface area contributed by atoms with Crippen LogP contribution in [-0.4, -0.2) is 48.6 Å². The van der Waals surface area contributed by atoms with Gasteiger partial charge in [-0.3, -0.25) is 4.90 Å². The quantitative estimate of drug-likeness (QED) is 0.909. The highest BCUT2D eigenvalue weighted by Crippen LogP contribution is 2.26. The SMILES string of the molecule is Fc1ccccc1OC1=CC(N2CCCN(C3CCC3)CC2)=CNC1. The molecule has 1 aromatic rings. The molecule has 0 unspecified atom stereocenters. The van der Waals surface area contributed by atoms with E-state index in [1.54, 1.807) is 18.2 Å². The number of nitrogens with zero attached hydrogens (tertiary/aromatic N) is 2. The molecule has 0 amide bonds. The minimum Gasteiger partial charge on any atom is -0.457 e. The first-order chi connectivity index (χ1) is 12.3. The van der Waals surface area contributed by atoms with E-state index in [9.17, 15) is 4.39 Å². The Kier molecular flexibility index (Phi) is 4.92. The van der Waals surface area contributed by atoms with Gasteiger partial charge in [0.05, 0.1) is 12.2 Å². The molecule has 1 aromatic carbocycles. The van der Waals surface area contributed by atoms with E-state index in [4.69, 9.17) is 4.74 Å². The van der Waals surface area contributed by atoms with Gasteiger partial charge in [-0.15, -0.1) is 0 Å². The number of dihydropyridines is 1. The summed E-state index contributed by atoms with van der Waals surface area (Å²) in [6.07, 6.45) is 9.40. The van der Waals surface area contributed by atoms with Crippen molar-refractivity contribution >= 4 is 0 Å². The summed E-state index contributed by atoms with van der Waals surface area (Å²) in [5.74, 6) is 0.705. The molecule has 3 aliphatic rings. The Morgan fingerprint density at radius 1 is 1.04 bits per heavy atom. The molecule has 2 fully saturated rings. The summed E-state index contributed by atoms with van der Waals surface area (Å²) >= 11 is 0. The number of rotatable bonds is 4. The normalized spacial score (nSPS) is 22.4. The van der Waals surface area contributed by atoms with Gasteiger partial charge in [-0.1, -0.05) is 18.6 Å². The summed E-state index contributed by atoms with van der Waals surface area (Å²) in [5, 5.41) is 3.27. The van der Waals surface area contributed by atoms with E-state index in [2.05, 4.69) is 15.1 Å². The van der Waals surface area contributed by atoms with Crippen molar-refractivity contribution in [3.8, 4) is 5.75 Å². The molecule has 0 atom stereocenters. The average molecular weight is 343 g/mol. The van der Waals surface area contributed by atoms with Crippen LogP contribution in [0.5, 0.6) is 5.75 Å². The van der Waals surface area contributed by atoms with Crippen molar-refractivity contribution in [2.24, 2.45) is 0 Å². The Balaban J connectivity index is 1.40. The fourth-order valence-electron chi connectivity index (χ4n) is 3.74. The fourth-order valence-corrected chi connectivity index (χ4v) is 3.74. The molecular weight excluding hydrogens is 317 g/mol. The summed E-state index contributed by atoms with van der Waals surface area (Å²) in [7, 11) is 0. The Morgan fingerprint density at radius 2 is 1.92 bits per heavy atom. The van der Waals surface area contributed by atoms with Crippen molar-refractivity contribution in [2.45, 2.75) is 31.7 Å². The van der Waals surface area contributed by atoms with Crippen LogP contribution in [0.4, 0.5) is 4.39 Å². The molecule has 2 aliphatic heterocycles. The Morgan fingerprint density at radius 3 is 2.72 bits per heavy atom. The third-order valence-corrected chi connectivity index (χ3v) is 5.40. The first kappa shape index (κ1) is 16.5. The van der Waals surface area contributed by atoms with Gasteiger partial charge < -0.3 is 15.0 Å². The van der Waals surface area contributed by atoms with Crippen LogP contribution in [0.2, 0.25) is 0 Å². The van der Waals surface area contributed by atoms with Crippen molar-refractivity contribution in [3.05, 3.63) is 53.8 Å². The second-order valence-corrected chi connectivity index (χ2v) is 7.05.